The smallest absolute Gasteiger partial charge is 0.261 e. The molecule has 138 valence electrons. The van der Waals surface area contributed by atoms with E-state index in [1.807, 2.05) is 47.4 Å². The number of rotatable bonds is 6. The molecule has 1 heterocycles. The number of hydrogen-bond acceptors (Lipinski definition) is 4. The molecule has 1 saturated heterocycles. The lowest BCUT2D eigenvalue weighted by Crippen LogP contribution is -2.34. The third-order valence-electron chi connectivity index (χ3n) is 4.56. The fourth-order valence-electron chi connectivity index (χ4n) is 3.27. The van der Waals surface area contributed by atoms with Crippen LogP contribution in [0.1, 0.15) is 24.4 Å². The summed E-state index contributed by atoms with van der Waals surface area (Å²) < 4.78 is 17.4. The highest BCUT2D eigenvalue weighted by Gasteiger charge is 2.32. The lowest BCUT2D eigenvalue weighted by atomic mass is 10.0. The molecule has 0 N–H and O–H groups in total. The van der Waals surface area contributed by atoms with Gasteiger partial charge in [0.25, 0.3) is 5.91 Å². The van der Waals surface area contributed by atoms with Crippen LogP contribution in [-0.4, -0.2) is 38.2 Å². The Morgan fingerprint density at radius 2 is 1.96 bits per heavy atom. The molecule has 26 heavy (non-hydrogen) atoms. The highest BCUT2D eigenvalue weighted by Crippen LogP contribution is 2.39. The van der Waals surface area contributed by atoms with Crippen LogP contribution >= 0.6 is 15.9 Å². The number of para-hydroxylation sites is 1. The normalized spacial score (nSPS) is 16.4. The van der Waals surface area contributed by atoms with Crippen LogP contribution in [0, 0.1) is 0 Å². The van der Waals surface area contributed by atoms with Crippen LogP contribution in [0.5, 0.6) is 17.2 Å². The maximum absolute atomic E-state index is 12.8. The first-order valence-corrected chi connectivity index (χ1v) is 9.32. The van der Waals surface area contributed by atoms with E-state index >= 15 is 0 Å². The maximum atomic E-state index is 12.8. The molecule has 0 unspecified atom stereocenters. The molecular formula is C20H22BrNO4. The fraction of sp³-hybridized carbons (Fsp3) is 0.350. The van der Waals surface area contributed by atoms with Gasteiger partial charge in [0.05, 0.1) is 24.7 Å². The maximum Gasteiger partial charge on any atom is 0.261 e. The zero-order valence-corrected chi connectivity index (χ0v) is 16.5. The second-order valence-corrected chi connectivity index (χ2v) is 6.93. The summed E-state index contributed by atoms with van der Waals surface area (Å²) in [5, 5.41) is 0. The second kappa shape index (κ2) is 8.45. The van der Waals surface area contributed by atoms with E-state index in [1.165, 1.54) is 0 Å². The van der Waals surface area contributed by atoms with E-state index in [4.69, 9.17) is 14.2 Å². The summed E-state index contributed by atoms with van der Waals surface area (Å²) in [4.78, 5) is 14.7. The van der Waals surface area contributed by atoms with Crippen molar-refractivity contribution in [3.05, 3.63) is 52.5 Å². The van der Waals surface area contributed by atoms with Gasteiger partial charge in [-0.15, -0.1) is 0 Å². The minimum Gasteiger partial charge on any atom is -0.497 e. The van der Waals surface area contributed by atoms with E-state index in [0.717, 1.165) is 34.4 Å². The van der Waals surface area contributed by atoms with Gasteiger partial charge in [-0.1, -0.05) is 12.1 Å². The number of ether oxygens (including phenoxy) is 3. The molecule has 1 atom stereocenters. The molecule has 0 spiro atoms. The number of methoxy groups -OCH3 is 2. The summed E-state index contributed by atoms with van der Waals surface area (Å²) in [6, 6.07) is 13.2. The highest BCUT2D eigenvalue weighted by molar-refractivity contribution is 9.10. The third kappa shape index (κ3) is 3.96. The zero-order chi connectivity index (χ0) is 18.5. The first-order valence-electron chi connectivity index (χ1n) is 8.52. The van der Waals surface area contributed by atoms with Crippen molar-refractivity contribution in [1.29, 1.82) is 0 Å². The Morgan fingerprint density at radius 1 is 1.15 bits per heavy atom. The van der Waals surface area contributed by atoms with E-state index in [-0.39, 0.29) is 18.6 Å². The summed E-state index contributed by atoms with van der Waals surface area (Å²) in [7, 11) is 3.27. The van der Waals surface area contributed by atoms with Crippen LogP contribution in [0.3, 0.4) is 0 Å². The molecule has 3 rings (SSSR count). The Morgan fingerprint density at radius 3 is 2.69 bits per heavy atom. The van der Waals surface area contributed by atoms with Crippen LogP contribution in [0.25, 0.3) is 0 Å². The minimum absolute atomic E-state index is 0.00535. The van der Waals surface area contributed by atoms with E-state index in [2.05, 4.69) is 15.9 Å². The monoisotopic (exact) mass is 419 g/mol. The average Bonchev–Trinajstić information content (AvgIpc) is 3.16. The van der Waals surface area contributed by atoms with Crippen LogP contribution < -0.4 is 14.2 Å². The SMILES string of the molecule is COc1ccc(OC)c([C@H]2CCCN2C(=O)COc2ccccc2Br)c1. The molecule has 2 aromatic carbocycles. The van der Waals surface area contributed by atoms with E-state index in [1.54, 1.807) is 14.2 Å². The number of carbonyl (C=O) groups excluding carboxylic acids is 1. The quantitative estimate of drug-likeness (QED) is 0.703. The fourth-order valence-corrected chi connectivity index (χ4v) is 3.67. The summed E-state index contributed by atoms with van der Waals surface area (Å²) in [6.07, 6.45) is 1.84. The third-order valence-corrected chi connectivity index (χ3v) is 5.21. The molecule has 0 bridgehead atoms. The van der Waals surface area contributed by atoms with Gasteiger partial charge in [-0.2, -0.15) is 0 Å². The largest absolute Gasteiger partial charge is 0.497 e. The molecule has 1 fully saturated rings. The molecule has 1 aliphatic heterocycles. The Bertz CT molecular complexity index is 780. The second-order valence-electron chi connectivity index (χ2n) is 6.07. The zero-order valence-electron chi connectivity index (χ0n) is 14.9. The summed E-state index contributed by atoms with van der Waals surface area (Å²) in [6.45, 7) is 0.717. The molecule has 6 heteroatoms. The van der Waals surface area contributed by atoms with Gasteiger partial charge in [0.15, 0.2) is 6.61 Å². The summed E-state index contributed by atoms with van der Waals surface area (Å²) in [5.74, 6) is 2.15. The van der Waals surface area contributed by atoms with Crippen LogP contribution in [0.2, 0.25) is 0 Å². The number of amides is 1. The predicted octanol–water partition coefficient (Wildman–Crippen LogP) is 4.21. The van der Waals surface area contributed by atoms with Gasteiger partial charge < -0.3 is 19.1 Å². The number of halogens is 1. The number of nitrogens with zero attached hydrogens (tertiary/aromatic N) is 1. The topological polar surface area (TPSA) is 48.0 Å². The first-order chi connectivity index (χ1) is 12.6. The van der Waals surface area contributed by atoms with Gasteiger partial charge in [0.1, 0.15) is 17.2 Å². The Labute approximate surface area is 162 Å². The predicted molar refractivity (Wildman–Crippen MR) is 103 cm³/mol. The van der Waals surface area contributed by atoms with Crippen molar-refractivity contribution < 1.29 is 19.0 Å². The van der Waals surface area contributed by atoms with Crippen LogP contribution in [-0.2, 0) is 4.79 Å². The first kappa shape index (κ1) is 18.6. The number of hydrogen-bond donors (Lipinski definition) is 0. The van der Waals surface area contributed by atoms with Gasteiger partial charge in [-0.25, -0.2) is 0 Å². The van der Waals surface area contributed by atoms with E-state index < -0.39 is 0 Å². The van der Waals surface area contributed by atoms with E-state index in [9.17, 15) is 4.79 Å². The number of carbonyl (C=O) groups is 1. The van der Waals surface area contributed by atoms with Crippen molar-refractivity contribution in [2.45, 2.75) is 18.9 Å². The van der Waals surface area contributed by atoms with Crippen molar-refractivity contribution in [3.63, 3.8) is 0 Å². The van der Waals surface area contributed by atoms with Crippen molar-refractivity contribution >= 4 is 21.8 Å². The van der Waals surface area contributed by atoms with Gasteiger partial charge in [0.2, 0.25) is 0 Å². The lowest BCUT2D eigenvalue weighted by Gasteiger charge is -2.26. The average molecular weight is 420 g/mol. The molecule has 0 aliphatic carbocycles. The van der Waals surface area contributed by atoms with E-state index in [0.29, 0.717) is 12.3 Å². The van der Waals surface area contributed by atoms with Gasteiger partial charge >= 0.3 is 0 Å². The van der Waals surface area contributed by atoms with Gasteiger partial charge in [0, 0.05) is 12.1 Å². The molecule has 1 amide bonds. The van der Waals surface area contributed by atoms with Crippen molar-refractivity contribution in [2.75, 3.05) is 27.4 Å². The molecule has 2 aromatic rings. The van der Waals surface area contributed by atoms with Crippen LogP contribution in [0.15, 0.2) is 46.9 Å². The van der Waals surface area contributed by atoms with Crippen LogP contribution in [0.4, 0.5) is 0 Å². The van der Waals surface area contributed by atoms with Gasteiger partial charge in [-0.05, 0) is 59.1 Å². The number of likely N-dealkylation sites (tertiary alicyclic amines) is 1. The highest BCUT2D eigenvalue weighted by atomic mass is 79.9. The Kier molecular flexibility index (Phi) is 6.04. The van der Waals surface area contributed by atoms with Crippen molar-refractivity contribution in [3.8, 4) is 17.2 Å². The Balaban J connectivity index is 1.75. The summed E-state index contributed by atoms with van der Waals surface area (Å²) >= 11 is 3.43. The molecule has 0 saturated carbocycles. The van der Waals surface area contributed by atoms with Crippen molar-refractivity contribution in [2.24, 2.45) is 0 Å². The molecule has 1 aliphatic rings. The standard InChI is InChI=1S/C20H22BrNO4/c1-24-14-9-10-18(25-2)15(12-14)17-7-5-11-22(17)20(23)13-26-19-8-4-3-6-16(19)21/h3-4,6,8-10,12,17H,5,7,11,13H2,1-2H3/t17-/m1/s1. The Hall–Kier alpha value is -2.21. The molecule has 0 aromatic heterocycles. The van der Waals surface area contributed by atoms with Crippen molar-refractivity contribution in [1.82, 2.24) is 4.90 Å². The number of benzene rings is 2. The van der Waals surface area contributed by atoms with Gasteiger partial charge in [-0.3, -0.25) is 4.79 Å². The molecule has 0 radical (unpaired) electrons. The summed E-state index contributed by atoms with van der Waals surface area (Å²) in [5.41, 5.74) is 0.971. The lowest BCUT2D eigenvalue weighted by molar-refractivity contribution is -0.134. The molecule has 5 nitrogen and oxygen atoms in total. The molecular weight excluding hydrogens is 398 g/mol. The minimum atomic E-state index is -0.0341.